The molecule has 0 saturated carbocycles. The third kappa shape index (κ3) is 3.78. The number of aromatic nitrogens is 4. The molecule has 0 aliphatic heterocycles. The van der Waals surface area contributed by atoms with Gasteiger partial charge in [0.2, 0.25) is 6.41 Å². The Morgan fingerprint density at radius 2 is 1.83 bits per heavy atom. The Hall–Kier alpha value is -3.78. The van der Waals surface area contributed by atoms with Crippen LogP contribution >= 0.6 is 11.6 Å². The second-order valence-corrected chi connectivity index (χ2v) is 6.53. The van der Waals surface area contributed by atoms with E-state index >= 15 is 0 Å². The van der Waals surface area contributed by atoms with Crippen LogP contribution in [0.5, 0.6) is 0 Å². The molecule has 0 saturated heterocycles. The molecule has 8 nitrogen and oxygen atoms in total. The van der Waals surface area contributed by atoms with Gasteiger partial charge in [0, 0.05) is 17.1 Å². The van der Waals surface area contributed by atoms with Gasteiger partial charge >= 0.3 is 6.03 Å². The summed E-state index contributed by atoms with van der Waals surface area (Å²) < 4.78 is 1.17. The minimum absolute atomic E-state index is 0.261. The SMILES string of the molecule is O=CNc1ncnc2c1c(-c1ccc(Cl)cc1)nn2C(=O)NCc1ccccc1. The van der Waals surface area contributed by atoms with Crippen molar-refractivity contribution in [3.05, 3.63) is 71.5 Å². The molecule has 0 bridgehead atoms. The monoisotopic (exact) mass is 406 g/mol. The third-order valence-corrected chi connectivity index (χ3v) is 4.51. The average molecular weight is 407 g/mol. The van der Waals surface area contributed by atoms with Crippen molar-refractivity contribution >= 4 is 40.9 Å². The van der Waals surface area contributed by atoms with Crippen LogP contribution in [0.3, 0.4) is 0 Å². The number of amides is 2. The Morgan fingerprint density at radius 1 is 1.07 bits per heavy atom. The maximum atomic E-state index is 12.8. The lowest BCUT2D eigenvalue weighted by Crippen LogP contribution is -2.29. The van der Waals surface area contributed by atoms with Gasteiger partial charge in [-0.2, -0.15) is 9.78 Å². The number of hydrogen-bond acceptors (Lipinski definition) is 5. The van der Waals surface area contributed by atoms with Crippen molar-refractivity contribution in [1.82, 2.24) is 25.1 Å². The first kappa shape index (κ1) is 18.6. The maximum absolute atomic E-state index is 12.8. The molecule has 0 spiro atoms. The first-order valence-electron chi connectivity index (χ1n) is 8.69. The summed E-state index contributed by atoms with van der Waals surface area (Å²) in [5.74, 6) is 0.261. The van der Waals surface area contributed by atoms with Crippen LogP contribution in [0.4, 0.5) is 10.6 Å². The van der Waals surface area contributed by atoms with E-state index in [1.54, 1.807) is 24.3 Å². The van der Waals surface area contributed by atoms with Crippen molar-refractivity contribution in [2.24, 2.45) is 0 Å². The molecule has 144 valence electrons. The maximum Gasteiger partial charge on any atom is 0.344 e. The van der Waals surface area contributed by atoms with E-state index < -0.39 is 6.03 Å². The molecule has 0 unspecified atom stereocenters. The fourth-order valence-electron chi connectivity index (χ4n) is 2.92. The molecule has 0 aliphatic carbocycles. The van der Waals surface area contributed by atoms with E-state index in [2.05, 4.69) is 25.7 Å². The lowest BCUT2D eigenvalue weighted by molar-refractivity contribution is -0.105. The highest BCUT2D eigenvalue weighted by molar-refractivity contribution is 6.30. The van der Waals surface area contributed by atoms with Gasteiger partial charge in [-0.05, 0) is 17.7 Å². The summed E-state index contributed by atoms with van der Waals surface area (Å²) in [5.41, 5.74) is 2.39. The molecule has 0 fully saturated rings. The molecule has 2 aromatic heterocycles. The second-order valence-electron chi connectivity index (χ2n) is 6.09. The number of nitrogens with zero attached hydrogens (tertiary/aromatic N) is 4. The molecular weight excluding hydrogens is 392 g/mol. The van der Waals surface area contributed by atoms with Crippen molar-refractivity contribution in [2.45, 2.75) is 6.54 Å². The van der Waals surface area contributed by atoms with Crippen LogP contribution in [0, 0.1) is 0 Å². The number of hydrogen-bond donors (Lipinski definition) is 2. The fraction of sp³-hybridized carbons (Fsp3) is 0.0500. The molecule has 2 heterocycles. The van der Waals surface area contributed by atoms with Crippen LogP contribution in [0.25, 0.3) is 22.3 Å². The summed E-state index contributed by atoms with van der Waals surface area (Å²) in [5, 5.41) is 10.8. The van der Waals surface area contributed by atoms with E-state index in [1.807, 2.05) is 30.3 Å². The summed E-state index contributed by atoms with van der Waals surface area (Å²) in [6.45, 7) is 0.335. The largest absolute Gasteiger partial charge is 0.344 e. The predicted molar refractivity (Wildman–Crippen MR) is 110 cm³/mol. The van der Waals surface area contributed by atoms with Crippen molar-refractivity contribution in [3.8, 4) is 11.3 Å². The van der Waals surface area contributed by atoms with Crippen LogP contribution in [-0.4, -0.2) is 32.2 Å². The van der Waals surface area contributed by atoms with E-state index in [9.17, 15) is 9.59 Å². The topological polar surface area (TPSA) is 102 Å². The molecule has 0 radical (unpaired) electrons. The number of nitrogens with one attached hydrogen (secondary N) is 2. The first-order chi connectivity index (χ1) is 14.2. The van der Waals surface area contributed by atoms with Gasteiger partial charge in [-0.3, -0.25) is 4.79 Å². The summed E-state index contributed by atoms with van der Waals surface area (Å²) in [4.78, 5) is 32.1. The van der Waals surface area contributed by atoms with Gasteiger partial charge in [0.05, 0.1) is 5.39 Å². The zero-order chi connectivity index (χ0) is 20.2. The average Bonchev–Trinajstić information content (AvgIpc) is 3.14. The first-order valence-corrected chi connectivity index (χ1v) is 9.07. The number of rotatable bonds is 5. The number of anilines is 1. The second kappa shape index (κ2) is 8.07. The fourth-order valence-corrected chi connectivity index (χ4v) is 3.04. The lowest BCUT2D eigenvalue weighted by atomic mass is 10.1. The highest BCUT2D eigenvalue weighted by Crippen LogP contribution is 2.31. The highest BCUT2D eigenvalue weighted by atomic mass is 35.5. The van der Waals surface area contributed by atoms with E-state index in [0.29, 0.717) is 34.6 Å². The minimum atomic E-state index is -0.449. The standard InChI is InChI=1S/C20H15ClN6O2/c21-15-8-6-14(7-9-15)17-16-18(25-12-28)23-11-24-19(16)27(26-17)20(29)22-10-13-4-2-1-3-5-13/h1-9,11-12H,10H2,(H,22,29)(H,23,24,25,28). The zero-order valence-electron chi connectivity index (χ0n) is 15.0. The normalized spacial score (nSPS) is 10.7. The van der Waals surface area contributed by atoms with Crippen LogP contribution in [0.2, 0.25) is 5.02 Å². The summed E-state index contributed by atoms with van der Waals surface area (Å²) in [6, 6.07) is 16.0. The molecule has 2 amide bonds. The molecule has 0 aliphatic rings. The molecule has 2 aromatic carbocycles. The molecule has 4 rings (SSSR count). The molecule has 29 heavy (non-hydrogen) atoms. The van der Waals surface area contributed by atoms with Gasteiger partial charge in [0.25, 0.3) is 0 Å². The minimum Gasteiger partial charge on any atom is -0.332 e. The van der Waals surface area contributed by atoms with Gasteiger partial charge in [-0.15, -0.1) is 0 Å². The molecular formula is C20H15ClN6O2. The van der Waals surface area contributed by atoms with Crippen LogP contribution in [0.15, 0.2) is 60.9 Å². The van der Waals surface area contributed by atoms with Crippen molar-refractivity contribution in [2.75, 3.05) is 5.32 Å². The summed E-state index contributed by atoms with van der Waals surface area (Å²) >= 11 is 5.98. The van der Waals surface area contributed by atoms with Gasteiger partial charge in [0.1, 0.15) is 17.8 Å². The zero-order valence-corrected chi connectivity index (χ0v) is 15.8. The van der Waals surface area contributed by atoms with Gasteiger partial charge in [-0.25, -0.2) is 14.8 Å². The third-order valence-electron chi connectivity index (χ3n) is 4.26. The van der Waals surface area contributed by atoms with Crippen LogP contribution < -0.4 is 10.6 Å². The molecule has 0 atom stereocenters. The van der Waals surface area contributed by atoms with Crippen LogP contribution in [-0.2, 0) is 11.3 Å². The van der Waals surface area contributed by atoms with Crippen molar-refractivity contribution in [3.63, 3.8) is 0 Å². The van der Waals surface area contributed by atoms with E-state index in [0.717, 1.165) is 5.56 Å². The number of carbonyl (C=O) groups excluding carboxylic acids is 2. The van der Waals surface area contributed by atoms with Crippen molar-refractivity contribution in [1.29, 1.82) is 0 Å². The highest BCUT2D eigenvalue weighted by Gasteiger charge is 2.21. The Kier molecular flexibility index (Phi) is 5.17. The number of fused-ring (bicyclic) bond motifs is 1. The summed E-state index contributed by atoms with van der Waals surface area (Å²) in [7, 11) is 0. The van der Waals surface area contributed by atoms with E-state index in [1.165, 1.54) is 11.0 Å². The molecule has 2 N–H and O–H groups in total. The van der Waals surface area contributed by atoms with E-state index in [-0.39, 0.29) is 11.5 Å². The van der Waals surface area contributed by atoms with Gasteiger partial charge in [0.15, 0.2) is 5.65 Å². The smallest absolute Gasteiger partial charge is 0.332 e. The lowest BCUT2D eigenvalue weighted by Gasteiger charge is -2.05. The predicted octanol–water partition coefficient (Wildman–Crippen LogP) is 3.47. The Balaban J connectivity index is 1.78. The Bertz CT molecular complexity index is 1180. The number of benzene rings is 2. The van der Waals surface area contributed by atoms with E-state index in [4.69, 9.17) is 11.6 Å². The van der Waals surface area contributed by atoms with Crippen molar-refractivity contribution < 1.29 is 9.59 Å². The summed E-state index contributed by atoms with van der Waals surface area (Å²) in [6.07, 6.45) is 1.78. The van der Waals surface area contributed by atoms with Gasteiger partial charge in [-0.1, -0.05) is 54.1 Å². The number of carbonyl (C=O) groups is 2. The van der Waals surface area contributed by atoms with Gasteiger partial charge < -0.3 is 10.6 Å². The number of halogens is 1. The Labute approximate surface area is 170 Å². The quantitative estimate of drug-likeness (QED) is 0.494. The Morgan fingerprint density at radius 3 is 2.55 bits per heavy atom. The van der Waals surface area contributed by atoms with Crippen LogP contribution in [0.1, 0.15) is 5.56 Å². The molecule has 9 heteroatoms. The molecule has 4 aromatic rings.